The van der Waals surface area contributed by atoms with Crippen LogP contribution in [0.15, 0.2) is 12.1 Å². The van der Waals surface area contributed by atoms with Crippen LogP contribution in [0.5, 0.6) is 0 Å². The fourth-order valence-electron chi connectivity index (χ4n) is 2.68. The summed E-state index contributed by atoms with van der Waals surface area (Å²) >= 11 is 6.10. The standard InChI is InChI=1S/C14H10ClN3O3/c15-10-4-7(5-16)3-8-9(10)6-18(14(8)21)11-1-2-12(19)17-13(11)20/h3-4,11H,1-2,6H2,(H,17,19,20). The lowest BCUT2D eigenvalue weighted by molar-refractivity contribution is -0.136. The number of hydrogen-bond donors (Lipinski definition) is 1. The predicted molar refractivity (Wildman–Crippen MR) is 72.2 cm³/mol. The second kappa shape index (κ2) is 4.86. The molecule has 1 unspecified atom stereocenters. The predicted octanol–water partition coefficient (Wildman–Crippen LogP) is 0.973. The zero-order valence-corrected chi connectivity index (χ0v) is 11.6. The average molecular weight is 304 g/mol. The number of rotatable bonds is 1. The topological polar surface area (TPSA) is 90.3 Å². The summed E-state index contributed by atoms with van der Waals surface area (Å²) in [6, 6.07) is 4.25. The molecule has 2 heterocycles. The minimum atomic E-state index is -0.677. The lowest BCUT2D eigenvalue weighted by atomic mass is 10.0. The summed E-state index contributed by atoms with van der Waals surface area (Å²) in [7, 11) is 0. The molecular weight excluding hydrogens is 294 g/mol. The molecule has 0 aliphatic carbocycles. The summed E-state index contributed by atoms with van der Waals surface area (Å²) in [5, 5.41) is 11.5. The van der Waals surface area contributed by atoms with Gasteiger partial charge in [0.2, 0.25) is 11.8 Å². The zero-order valence-electron chi connectivity index (χ0n) is 10.9. The van der Waals surface area contributed by atoms with E-state index in [2.05, 4.69) is 5.32 Å². The van der Waals surface area contributed by atoms with Crippen LogP contribution in [0.1, 0.15) is 34.3 Å². The summed E-state index contributed by atoms with van der Waals surface area (Å²) in [6.45, 7) is 0.213. The van der Waals surface area contributed by atoms with Gasteiger partial charge in [-0.1, -0.05) is 11.6 Å². The van der Waals surface area contributed by atoms with Gasteiger partial charge in [-0.2, -0.15) is 5.26 Å². The van der Waals surface area contributed by atoms with E-state index >= 15 is 0 Å². The van der Waals surface area contributed by atoms with Crippen LogP contribution in [-0.2, 0) is 16.1 Å². The summed E-state index contributed by atoms with van der Waals surface area (Å²) in [5.41, 5.74) is 1.27. The zero-order chi connectivity index (χ0) is 15.1. The molecule has 106 valence electrons. The number of nitrogens with zero attached hydrogens (tertiary/aromatic N) is 2. The molecule has 0 aromatic heterocycles. The lowest BCUT2D eigenvalue weighted by Crippen LogP contribution is -2.52. The average Bonchev–Trinajstić information content (AvgIpc) is 2.77. The van der Waals surface area contributed by atoms with E-state index in [0.717, 1.165) is 0 Å². The molecule has 0 bridgehead atoms. The normalized spacial score (nSPS) is 21.0. The molecule has 0 radical (unpaired) electrons. The number of halogens is 1. The second-order valence-electron chi connectivity index (χ2n) is 5.00. The molecule has 1 saturated heterocycles. The summed E-state index contributed by atoms with van der Waals surface area (Å²) in [5.74, 6) is -1.13. The molecule has 7 heteroatoms. The van der Waals surface area contributed by atoms with E-state index in [4.69, 9.17) is 16.9 Å². The first-order valence-electron chi connectivity index (χ1n) is 6.38. The van der Waals surface area contributed by atoms with Gasteiger partial charge in [-0.25, -0.2) is 0 Å². The lowest BCUT2D eigenvalue weighted by Gasteiger charge is -2.29. The first-order valence-corrected chi connectivity index (χ1v) is 6.76. The van der Waals surface area contributed by atoms with Gasteiger partial charge in [0.05, 0.1) is 11.6 Å². The maximum Gasteiger partial charge on any atom is 0.255 e. The van der Waals surface area contributed by atoms with Crippen molar-refractivity contribution in [1.82, 2.24) is 10.2 Å². The molecule has 1 N–H and O–H groups in total. The molecule has 1 fully saturated rings. The highest BCUT2D eigenvalue weighted by Crippen LogP contribution is 2.33. The molecule has 1 atom stereocenters. The van der Waals surface area contributed by atoms with Gasteiger partial charge in [0.1, 0.15) is 6.04 Å². The van der Waals surface area contributed by atoms with E-state index in [1.165, 1.54) is 17.0 Å². The number of imide groups is 1. The fraction of sp³-hybridized carbons (Fsp3) is 0.286. The number of hydrogen-bond acceptors (Lipinski definition) is 4. The summed E-state index contributed by atoms with van der Waals surface area (Å²) in [6.07, 6.45) is 0.501. The van der Waals surface area contributed by atoms with Gasteiger partial charge >= 0.3 is 0 Å². The molecule has 0 spiro atoms. The number of nitrogens with one attached hydrogen (secondary N) is 1. The Balaban J connectivity index is 1.94. The smallest absolute Gasteiger partial charge is 0.255 e. The number of nitriles is 1. The van der Waals surface area contributed by atoms with Crippen LogP contribution in [0.4, 0.5) is 0 Å². The summed E-state index contributed by atoms with van der Waals surface area (Å²) in [4.78, 5) is 36.9. The number of amides is 3. The van der Waals surface area contributed by atoms with Crippen molar-refractivity contribution in [2.24, 2.45) is 0 Å². The van der Waals surface area contributed by atoms with Gasteiger partial charge in [-0.15, -0.1) is 0 Å². The third-order valence-electron chi connectivity index (χ3n) is 3.73. The number of fused-ring (bicyclic) bond motifs is 1. The Hall–Kier alpha value is -2.39. The van der Waals surface area contributed by atoms with Crippen molar-refractivity contribution < 1.29 is 14.4 Å². The number of carbonyl (C=O) groups excluding carboxylic acids is 3. The van der Waals surface area contributed by atoms with Crippen molar-refractivity contribution in [3.8, 4) is 6.07 Å². The third kappa shape index (κ3) is 2.16. The Morgan fingerprint density at radius 1 is 1.33 bits per heavy atom. The van der Waals surface area contributed by atoms with Gasteiger partial charge in [-0.05, 0) is 18.6 Å². The highest BCUT2D eigenvalue weighted by atomic mass is 35.5. The quantitative estimate of drug-likeness (QED) is 0.783. The number of piperidine rings is 1. The van der Waals surface area contributed by atoms with Crippen LogP contribution in [-0.4, -0.2) is 28.7 Å². The second-order valence-corrected chi connectivity index (χ2v) is 5.40. The van der Waals surface area contributed by atoms with Gasteiger partial charge in [0, 0.05) is 29.1 Å². The Labute approximate surface area is 125 Å². The van der Waals surface area contributed by atoms with E-state index in [0.29, 0.717) is 28.1 Å². The Kier molecular flexibility index (Phi) is 3.15. The third-order valence-corrected chi connectivity index (χ3v) is 4.07. The Morgan fingerprint density at radius 2 is 2.10 bits per heavy atom. The van der Waals surface area contributed by atoms with Crippen molar-refractivity contribution >= 4 is 29.3 Å². The van der Waals surface area contributed by atoms with Gasteiger partial charge in [0.15, 0.2) is 0 Å². The Morgan fingerprint density at radius 3 is 2.76 bits per heavy atom. The van der Waals surface area contributed by atoms with Crippen LogP contribution in [0.3, 0.4) is 0 Å². The molecular formula is C14H10ClN3O3. The highest BCUT2D eigenvalue weighted by molar-refractivity contribution is 6.32. The van der Waals surface area contributed by atoms with Crippen LogP contribution in [0.2, 0.25) is 5.02 Å². The molecule has 3 rings (SSSR count). The molecule has 2 aliphatic heterocycles. The van der Waals surface area contributed by atoms with Crippen molar-refractivity contribution in [1.29, 1.82) is 5.26 Å². The molecule has 0 saturated carbocycles. The number of benzene rings is 1. The van der Waals surface area contributed by atoms with Crippen LogP contribution < -0.4 is 5.32 Å². The van der Waals surface area contributed by atoms with Gasteiger partial charge in [-0.3, -0.25) is 19.7 Å². The van der Waals surface area contributed by atoms with E-state index in [9.17, 15) is 14.4 Å². The Bertz CT molecular complexity index is 723. The van der Waals surface area contributed by atoms with Crippen LogP contribution in [0.25, 0.3) is 0 Å². The molecule has 2 aliphatic rings. The van der Waals surface area contributed by atoms with Crippen molar-refractivity contribution in [3.63, 3.8) is 0 Å². The van der Waals surface area contributed by atoms with Crippen molar-refractivity contribution in [2.75, 3.05) is 0 Å². The molecule has 21 heavy (non-hydrogen) atoms. The van der Waals surface area contributed by atoms with Crippen molar-refractivity contribution in [2.45, 2.75) is 25.4 Å². The molecule has 1 aromatic carbocycles. The number of carbonyl (C=O) groups is 3. The molecule has 1 aromatic rings. The SMILES string of the molecule is N#Cc1cc(Cl)c2c(c1)C(=O)N(C1CCC(=O)NC1=O)C2. The largest absolute Gasteiger partial charge is 0.322 e. The monoisotopic (exact) mass is 303 g/mol. The maximum atomic E-state index is 12.4. The van der Waals surface area contributed by atoms with Gasteiger partial charge in [0.25, 0.3) is 5.91 Å². The van der Waals surface area contributed by atoms with E-state index in [1.54, 1.807) is 0 Å². The van der Waals surface area contributed by atoms with E-state index in [1.807, 2.05) is 6.07 Å². The van der Waals surface area contributed by atoms with Crippen LogP contribution in [0, 0.1) is 11.3 Å². The molecule has 6 nitrogen and oxygen atoms in total. The summed E-state index contributed by atoms with van der Waals surface area (Å²) < 4.78 is 0. The minimum Gasteiger partial charge on any atom is -0.322 e. The van der Waals surface area contributed by atoms with Gasteiger partial charge < -0.3 is 4.90 Å². The van der Waals surface area contributed by atoms with Crippen molar-refractivity contribution in [3.05, 3.63) is 33.8 Å². The minimum absolute atomic E-state index is 0.202. The highest BCUT2D eigenvalue weighted by Gasteiger charge is 2.39. The maximum absolute atomic E-state index is 12.4. The first kappa shape index (κ1) is 13.6. The van der Waals surface area contributed by atoms with E-state index < -0.39 is 11.9 Å². The first-order chi connectivity index (χ1) is 10.0. The molecule has 3 amide bonds. The fourth-order valence-corrected chi connectivity index (χ4v) is 2.96. The van der Waals surface area contributed by atoms with Crippen LogP contribution >= 0.6 is 11.6 Å². The van der Waals surface area contributed by atoms with E-state index in [-0.39, 0.29) is 24.8 Å².